The first-order valence-corrected chi connectivity index (χ1v) is 10.6. The van der Waals surface area contributed by atoms with Gasteiger partial charge >= 0.3 is 5.97 Å². The molecule has 0 radical (unpaired) electrons. The van der Waals surface area contributed by atoms with Crippen LogP contribution >= 0.6 is 12.6 Å². The second kappa shape index (κ2) is 11.9. The predicted molar refractivity (Wildman–Crippen MR) is 122 cm³/mol. The van der Waals surface area contributed by atoms with Crippen LogP contribution in [0, 0.1) is 0 Å². The molecule has 0 fully saturated rings. The summed E-state index contributed by atoms with van der Waals surface area (Å²) in [5.41, 5.74) is 11.9. The molecule has 0 aliphatic rings. The van der Waals surface area contributed by atoms with Gasteiger partial charge in [0.05, 0.1) is 13.0 Å². The molecular formula is C20H26N6O6S. The van der Waals surface area contributed by atoms with Gasteiger partial charge in [0.2, 0.25) is 23.6 Å². The number of nitrogens with two attached hydrogens (primary N) is 2. The summed E-state index contributed by atoms with van der Waals surface area (Å²) in [5, 5.41) is 17.4. The summed E-state index contributed by atoms with van der Waals surface area (Å²) in [4.78, 5) is 63.0. The third-order valence-corrected chi connectivity index (χ3v) is 5.14. The van der Waals surface area contributed by atoms with E-state index in [0.717, 1.165) is 10.9 Å². The van der Waals surface area contributed by atoms with Crippen molar-refractivity contribution in [3.63, 3.8) is 0 Å². The first-order chi connectivity index (χ1) is 15.7. The molecule has 12 nitrogen and oxygen atoms in total. The van der Waals surface area contributed by atoms with Crippen molar-refractivity contribution in [2.24, 2.45) is 11.5 Å². The number of rotatable bonds is 12. The summed E-state index contributed by atoms with van der Waals surface area (Å²) in [6.07, 6.45) is 1.02. The number of aromatic amines is 1. The number of amides is 4. The minimum Gasteiger partial charge on any atom is -0.480 e. The van der Waals surface area contributed by atoms with Crippen molar-refractivity contribution in [1.29, 1.82) is 0 Å². The van der Waals surface area contributed by atoms with Gasteiger partial charge in [0.1, 0.15) is 18.1 Å². The van der Waals surface area contributed by atoms with E-state index in [1.165, 1.54) is 0 Å². The van der Waals surface area contributed by atoms with Crippen molar-refractivity contribution >= 4 is 53.1 Å². The van der Waals surface area contributed by atoms with E-state index in [-0.39, 0.29) is 18.7 Å². The number of carboxylic acid groups (broad SMARTS) is 1. The maximum absolute atomic E-state index is 12.8. The Morgan fingerprint density at radius 2 is 1.64 bits per heavy atom. The number of H-pyrrole nitrogens is 1. The number of fused-ring (bicyclic) bond motifs is 1. The fourth-order valence-electron chi connectivity index (χ4n) is 3.12. The minimum absolute atomic E-state index is 0.0475. The number of para-hydroxylation sites is 1. The maximum Gasteiger partial charge on any atom is 0.326 e. The lowest BCUT2D eigenvalue weighted by Gasteiger charge is -2.23. The highest BCUT2D eigenvalue weighted by Gasteiger charge is 2.30. The van der Waals surface area contributed by atoms with Crippen molar-refractivity contribution in [1.82, 2.24) is 20.9 Å². The van der Waals surface area contributed by atoms with Gasteiger partial charge in [0, 0.05) is 29.3 Å². The Bertz CT molecular complexity index is 1040. The molecule has 178 valence electrons. The number of nitrogens with one attached hydrogen (secondary N) is 4. The molecule has 1 aromatic heterocycles. The van der Waals surface area contributed by atoms with Gasteiger partial charge in [-0.3, -0.25) is 19.2 Å². The molecular weight excluding hydrogens is 452 g/mol. The molecule has 0 aliphatic carbocycles. The van der Waals surface area contributed by atoms with Crippen LogP contribution < -0.4 is 27.4 Å². The van der Waals surface area contributed by atoms with Crippen LogP contribution in [0.4, 0.5) is 0 Å². The number of carboxylic acids is 1. The van der Waals surface area contributed by atoms with Crippen molar-refractivity contribution in [2.75, 3.05) is 12.3 Å². The maximum atomic E-state index is 12.8. The van der Waals surface area contributed by atoms with Crippen LogP contribution in [-0.2, 0) is 30.4 Å². The molecule has 2 rings (SSSR count). The zero-order chi connectivity index (χ0) is 24.5. The average Bonchev–Trinajstić information content (AvgIpc) is 3.18. The lowest BCUT2D eigenvalue weighted by Crippen LogP contribution is -2.57. The fraction of sp³-hybridized carbons (Fsp3) is 0.350. The fourth-order valence-corrected chi connectivity index (χ4v) is 3.38. The van der Waals surface area contributed by atoms with Crippen LogP contribution in [0.25, 0.3) is 10.9 Å². The zero-order valence-electron chi connectivity index (χ0n) is 17.5. The van der Waals surface area contributed by atoms with E-state index in [4.69, 9.17) is 11.5 Å². The molecule has 0 aliphatic heterocycles. The second-order valence-electron chi connectivity index (χ2n) is 7.20. The predicted octanol–water partition coefficient (Wildman–Crippen LogP) is -1.99. The molecule has 0 bridgehead atoms. The highest BCUT2D eigenvalue weighted by Crippen LogP contribution is 2.19. The van der Waals surface area contributed by atoms with Gasteiger partial charge in [-0.05, 0) is 11.6 Å². The zero-order valence-corrected chi connectivity index (χ0v) is 18.4. The molecule has 0 saturated carbocycles. The number of hydrogen-bond donors (Lipinski definition) is 8. The summed E-state index contributed by atoms with van der Waals surface area (Å²) >= 11 is 3.98. The van der Waals surface area contributed by atoms with Gasteiger partial charge in [0.15, 0.2) is 0 Å². The highest BCUT2D eigenvalue weighted by atomic mass is 32.1. The Morgan fingerprint density at radius 1 is 1.00 bits per heavy atom. The van der Waals surface area contributed by atoms with Crippen LogP contribution in [0.1, 0.15) is 12.0 Å². The largest absolute Gasteiger partial charge is 0.480 e. The van der Waals surface area contributed by atoms with Crippen LogP contribution in [0.15, 0.2) is 30.5 Å². The number of aliphatic carboxylic acids is 1. The quantitative estimate of drug-likeness (QED) is 0.161. The number of primary amides is 1. The Hall–Kier alpha value is -3.58. The van der Waals surface area contributed by atoms with E-state index in [0.29, 0.717) is 5.56 Å². The summed E-state index contributed by atoms with van der Waals surface area (Å²) in [6, 6.07) is 3.32. The van der Waals surface area contributed by atoms with Crippen LogP contribution in [0.3, 0.4) is 0 Å². The van der Waals surface area contributed by atoms with Crippen LogP contribution in [0.5, 0.6) is 0 Å². The average molecular weight is 479 g/mol. The molecule has 1 aromatic carbocycles. The number of benzene rings is 1. The van der Waals surface area contributed by atoms with E-state index in [2.05, 4.69) is 33.6 Å². The molecule has 3 unspecified atom stereocenters. The molecule has 3 atom stereocenters. The first kappa shape index (κ1) is 25.7. The lowest BCUT2D eigenvalue weighted by molar-refractivity contribution is -0.142. The Kier molecular flexibility index (Phi) is 9.24. The Labute approximate surface area is 194 Å². The number of thiol groups is 1. The summed E-state index contributed by atoms with van der Waals surface area (Å²) in [7, 11) is 0. The summed E-state index contributed by atoms with van der Waals surface area (Å²) < 4.78 is 0. The van der Waals surface area contributed by atoms with E-state index in [1.807, 2.05) is 18.2 Å². The Morgan fingerprint density at radius 3 is 2.24 bits per heavy atom. The second-order valence-corrected chi connectivity index (χ2v) is 7.57. The molecule has 13 heteroatoms. The number of aromatic nitrogens is 1. The summed E-state index contributed by atoms with van der Waals surface area (Å²) in [5.74, 6) is -4.66. The number of carbonyl (C=O) groups excluding carboxylic acids is 4. The minimum atomic E-state index is -1.46. The summed E-state index contributed by atoms with van der Waals surface area (Å²) in [6.45, 7) is -0.364. The molecule has 4 amide bonds. The lowest BCUT2D eigenvalue weighted by atomic mass is 10.0. The smallest absolute Gasteiger partial charge is 0.326 e. The van der Waals surface area contributed by atoms with Crippen LogP contribution in [0.2, 0.25) is 0 Å². The van der Waals surface area contributed by atoms with Crippen molar-refractivity contribution < 1.29 is 29.1 Å². The molecule has 0 saturated heterocycles. The van der Waals surface area contributed by atoms with Crippen molar-refractivity contribution in [2.45, 2.75) is 31.0 Å². The van der Waals surface area contributed by atoms with Crippen molar-refractivity contribution in [3.05, 3.63) is 36.0 Å². The van der Waals surface area contributed by atoms with Gasteiger partial charge in [-0.15, -0.1) is 0 Å². The molecule has 1 heterocycles. The van der Waals surface area contributed by atoms with E-state index in [9.17, 15) is 29.1 Å². The van der Waals surface area contributed by atoms with Gasteiger partial charge in [-0.1, -0.05) is 18.2 Å². The SMILES string of the molecule is NCC(=O)NC(CS)C(=O)NC(CC(N)=O)C(=O)NC(Cc1c[nH]c2ccccc12)C(=O)O. The monoisotopic (exact) mass is 478 g/mol. The van der Waals surface area contributed by atoms with Crippen LogP contribution in [-0.4, -0.2) is 70.1 Å². The standard InChI is InChI=1S/C20H26N6O6S/c21-7-17(28)24-15(9-33)19(30)25-13(6-16(22)27)18(29)26-14(20(31)32)5-10-8-23-12-4-2-1-3-11(10)12/h1-4,8,13-15,23,33H,5-7,9,21H2,(H2,22,27)(H,24,28)(H,25,30)(H,26,29)(H,31,32). The van der Waals surface area contributed by atoms with E-state index in [1.54, 1.807) is 12.3 Å². The molecule has 9 N–H and O–H groups in total. The highest BCUT2D eigenvalue weighted by molar-refractivity contribution is 7.80. The third-order valence-electron chi connectivity index (χ3n) is 4.77. The van der Waals surface area contributed by atoms with Gasteiger partial charge in [-0.2, -0.15) is 12.6 Å². The van der Waals surface area contributed by atoms with Gasteiger partial charge in [-0.25, -0.2) is 4.79 Å². The Balaban J connectivity index is 2.15. The molecule has 33 heavy (non-hydrogen) atoms. The number of hydrogen-bond acceptors (Lipinski definition) is 7. The van der Waals surface area contributed by atoms with E-state index >= 15 is 0 Å². The normalized spacial score (nSPS) is 13.5. The topological polar surface area (TPSA) is 209 Å². The van der Waals surface area contributed by atoms with E-state index < -0.39 is 54.1 Å². The first-order valence-electron chi connectivity index (χ1n) is 9.93. The third kappa shape index (κ3) is 7.22. The van der Waals surface area contributed by atoms with Gasteiger partial charge in [0.25, 0.3) is 0 Å². The number of carbonyl (C=O) groups is 5. The molecule has 0 spiro atoms. The molecule has 2 aromatic rings. The van der Waals surface area contributed by atoms with Gasteiger partial charge < -0.3 is 37.5 Å². The van der Waals surface area contributed by atoms with Crippen molar-refractivity contribution in [3.8, 4) is 0 Å².